The van der Waals surface area contributed by atoms with Crippen LogP contribution >= 0.6 is 11.8 Å². The zero-order valence-corrected chi connectivity index (χ0v) is 16.4. The number of carbonyl (C=O) groups is 2. The van der Waals surface area contributed by atoms with Gasteiger partial charge in [0.1, 0.15) is 5.75 Å². The highest BCUT2D eigenvalue weighted by molar-refractivity contribution is 8.00. The largest absolute Gasteiger partial charge is 0.497 e. The van der Waals surface area contributed by atoms with Crippen molar-refractivity contribution < 1.29 is 27.5 Å². The molecule has 1 fully saturated rings. The van der Waals surface area contributed by atoms with Crippen molar-refractivity contribution in [1.29, 1.82) is 0 Å². The van der Waals surface area contributed by atoms with Crippen molar-refractivity contribution in [3.8, 4) is 5.75 Å². The smallest absolute Gasteiger partial charge is 0.446 e. The molecule has 0 N–H and O–H groups in total. The van der Waals surface area contributed by atoms with Gasteiger partial charge in [0.2, 0.25) is 0 Å². The maximum Gasteiger partial charge on any atom is 0.446 e. The molecule has 0 aliphatic carbocycles. The molecule has 2 aromatic carbocycles. The first-order valence-corrected chi connectivity index (χ1v) is 9.67. The quantitative estimate of drug-likeness (QED) is 0.699. The SMILES string of the molecule is COc1cccc(C(=O)N2CCN(C(=O)c3ccccc3SC(F)(F)F)CC2)c1. The van der Waals surface area contributed by atoms with Crippen LogP contribution in [0.25, 0.3) is 0 Å². The lowest BCUT2D eigenvalue weighted by atomic mass is 10.1. The summed E-state index contributed by atoms with van der Waals surface area (Å²) in [5.41, 5.74) is -3.98. The zero-order valence-electron chi connectivity index (χ0n) is 15.6. The van der Waals surface area contributed by atoms with E-state index in [1.54, 1.807) is 29.2 Å². The van der Waals surface area contributed by atoms with Crippen molar-refractivity contribution in [2.24, 2.45) is 0 Å². The zero-order chi connectivity index (χ0) is 21.0. The summed E-state index contributed by atoms with van der Waals surface area (Å²) >= 11 is -0.298. The second-order valence-corrected chi connectivity index (χ2v) is 7.47. The predicted molar refractivity (Wildman–Crippen MR) is 103 cm³/mol. The summed E-state index contributed by atoms with van der Waals surface area (Å²) in [6.07, 6.45) is 0. The average molecular weight is 424 g/mol. The molecule has 154 valence electrons. The van der Waals surface area contributed by atoms with Gasteiger partial charge in [0, 0.05) is 36.6 Å². The van der Waals surface area contributed by atoms with Gasteiger partial charge in [-0.2, -0.15) is 13.2 Å². The second kappa shape index (κ2) is 8.77. The average Bonchev–Trinajstić information content (AvgIpc) is 2.72. The predicted octanol–water partition coefficient (Wildman–Crippen LogP) is 3.91. The number of halogens is 3. The Morgan fingerprint density at radius 3 is 2.17 bits per heavy atom. The van der Waals surface area contributed by atoms with E-state index >= 15 is 0 Å². The Labute approximate surface area is 170 Å². The van der Waals surface area contributed by atoms with E-state index < -0.39 is 11.4 Å². The topological polar surface area (TPSA) is 49.9 Å². The number of carbonyl (C=O) groups excluding carboxylic acids is 2. The number of piperazine rings is 1. The molecule has 0 spiro atoms. The third-order valence-electron chi connectivity index (χ3n) is 4.51. The third kappa shape index (κ3) is 5.23. The van der Waals surface area contributed by atoms with Gasteiger partial charge in [0.15, 0.2) is 0 Å². The summed E-state index contributed by atoms with van der Waals surface area (Å²) in [5, 5.41) is 0. The molecular formula is C20H19F3N2O3S. The maximum atomic E-state index is 12.8. The van der Waals surface area contributed by atoms with E-state index in [0.717, 1.165) is 0 Å². The van der Waals surface area contributed by atoms with Gasteiger partial charge in [-0.1, -0.05) is 18.2 Å². The number of nitrogens with zero attached hydrogens (tertiary/aromatic N) is 2. The van der Waals surface area contributed by atoms with Crippen LogP contribution < -0.4 is 4.74 Å². The highest BCUT2D eigenvalue weighted by atomic mass is 32.2. The number of rotatable bonds is 4. The van der Waals surface area contributed by atoms with Gasteiger partial charge in [-0.25, -0.2) is 0 Å². The Hall–Kier alpha value is -2.68. The first-order valence-electron chi connectivity index (χ1n) is 8.86. The summed E-state index contributed by atoms with van der Waals surface area (Å²) in [5.74, 6) is -0.0710. The van der Waals surface area contributed by atoms with Crippen LogP contribution in [-0.4, -0.2) is 60.4 Å². The molecule has 3 rings (SSSR count). The number of methoxy groups -OCH3 is 1. The Kier molecular flexibility index (Phi) is 6.36. The molecule has 0 aromatic heterocycles. The molecular weight excluding hydrogens is 405 g/mol. The van der Waals surface area contributed by atoms with E-state index in [-0.39, 0.29) is 41.2 Å². The fourth-order valence-corrected chi connectivity index (χ4v) is 3.74. The van der Waals surface area contributed by atoms with Crippen molar-refractivity contribution in [2.75, 3.05) is 33.3 Å². The molecule has 0 bridgehead atoms. The molecule has 1 heterocycles. The number of hydrogen-bond donors (Lipinski definition) is 0. The molecule has 0 radical (unpaired) electrons. The number of alkyl halides is 3. The first-order chi connectivity index (χ1) is 13.8. The number of amides is 2. The van der Waals surface area contributed by atoms with Crippen LogP contribution in [0.3, 0.4) is 0 Å². The van der Waals surface area contributed by atoms with Crippen LogP contribution in [0.15, 0.2) is 53.4 Å². The standard InChI is InChI=1S/C20H19F3N2O3S/c1-28-15-6-4-5-14(13-15)18(26)24-9-11-25(12-10-24)19(27)16-7-2-3-8-17(16)29-20(21,22)23/h2-8,13H,9-12H2,1H3. The van der Waals surface area contributed by atoms with Gasteiger partial charge >= 0.3 is 5.51 Å². The molecule has 2 aromatic rings. The number of hydrogen-bond acceptors (Lipinski definition) is 4. The van der Waals surface area contributed by atoms with Crippen LogP contribution in [0.4, 0.5) is 13.2 Å². The molecule has 1 aliphatic rings. The molecule has 0 atom stereocenters. The van der Waals surface area contributed by atoms with Gasteiger partial charge < -0.3 is 14.5 Å². The van der Waals surface area contributed by atoms with E-state index in [2.05, 4.69) is 0 Å². The van der Waals surface area contributed by atoms with Gasteiger partial charge in [0.05, 0.1) is 12.7 Å². The first kappa shape index (κ1) is 21.0. The lowest BCUT2D eigenvalue weighted by Gasteiger charge is -2.35. The minimum absolute atomic E-state index is 0.0161. The molecule has 5 nitrogen and oxygen atoms in total. The maximum absolute atomic E-state index is 12.8. The van der Waals surface area contributed by atoms with Crippen molar-refractivity contribution in [3.05, 3.63) is 59.7 Å². The molecule has 1 aliphatic heterocycles. The lowest BCUT2D eigenvalue weighted by molar-refractivity contribution is -0.0328. The highest BCUT2D eigenvalue weighted by Crippen LogP contribution is 2.38. The Morgan fingerprint density at radius 2 is 1.55 bits per heavy atom. The minimum atomic E-state index is -4.47. The fourth-order valence-electron chi connectivity index (χ4n) is 3.08. The molecule has 1 saturated heterocycles. The highest BCUT2D eigenvalue weighted by Gasteiger charge is 2.33. The molecule has 0 unspecified atom stereocenters. The van der Waals surface area contributed by atoms with E-state index in [0.29, 0.717) is 24.4 Å². The minimum Gasteiger partial charge on any atom is -0.497 e. The number of thioether (sulfide) groups is 1. The third-order valence-corrected chi connectivity index (χ3v) is 5.32. The normalized spacial score (nSPS) is 14.6. The number of ether oxygens (including phenoxy) is 1. The Bertz CT molecular complexity index is 897. The van der Waals surface area contributed by atoms with E-state index in [4.69, 9.17) is 4.74 Å². The Morgan fingerprint density at radius 1 is 0.931 bits per heavy atom. The summed E-state index contributed by atoms with van der Waals surface area (Å²) in [6, 6.07) is 12.5. The van der Waals surface area contributed by atoms with Crippen LogP contribution in [0, 0.1) is 0 Å². The van der Waals surface area contributed by atoms with Crippen molar-refractivity contribution in [3.63, 3.8) is 0 Å². The summed E-state index contributed by atoms with van der Waals surface area (Å²) in [6.45, 7) is 1.10. The van der Waals surface area contributed by atoms with Crippen molar-refractivity contribution in [2.45, 2.75) is 10.4 Å². The van der Waals surface area contributed by atoms with Crippen LogP contribution in [0.1, 0.15) is 20.7 Å². The summed E-state index contributed by atoms with van der Waals surface area (Å²) in [7, 11) is 1.52. The van der Waals surface area contributed by atoms with Crippen molar-refractivity contribution in [1.82, 2.24) is 9.80 Å². The van der Waals surface area contributed by atoms with Gasteiger partial charge in [-0.05, 0) is 42.1 Å². The second-order valence-electron chi connectivity index (χ2n) is 6.36. The Balaban J connectivity index is 1.66. The molecule has 29 heavy (non-hydrogen) atoms. The summed E-state index contributed by atoms with van der Waals surface area (Å²) < 4.78 is 43.4. The van der Waals surface area contributed by atoms with Gasteiger partial charge in [0.25, 0.3) is 11.8 Å². The molecule has 0 saturated carbocycles. The molecule has 2 amide bonds. The van der Waals surface area contributed by atoms with Crippen LogP contribution in [-0.2, 0) is 0 Å². The van der Waals surface area contributed by atoms with E-state index in [9.17, 15) is 22.8 Å². The van der Waals surface area contributed by atoms with Crippen LogP contribution in [0.2, 0.25) is 0 Å². The van der Waals surface area contributed by atoms with Crippen LogP contribution in [0.5, 0.6) is 5.75 Å². The van der Waals surface area contributed by atoms with Gasteiger partial charge in [-0.15, -0.1) is 0 Å². The van der Waals surface area contributed by atoms with E-state index in [1.807, 2.05) is 0 Å². The summed E-state index contributed by atoms with van der Waals surface area (Å²) in [4.78, 5) is 28.4. The van der Waals surface area contributed by atoms with Crippen molar-refractivity contribution >= 4 is 23.6 Å². The molecule has 9 heteroatoms. The fraction of sp³-hybridized carbons (Fsp3) is 0.300. The van der Waals surface area contributed by atoms with E-state index in [1.165, 1.54) is 36.3 Å². The lowest BCUT2D eigenvalue weighted by Crippen LogP contribution is -2.50. The monoisotopic (exact) mass is 424 g/mol. The van der Waals surface area contributed by atoms with Gasteiger partial charge in [-0.3, -0.25) is 9.59 Å². The number of benzene rings is 2.